The van der Waals surface area contributed by atoms with Gasteiger partial charge in [0.25, 0.3) is 0 Å². The Kier molecular flexibility index (Phi) is 5.95. The monoisotopic (exact) mass is 268 g/mol. The number of aliphatic hydroxyl groups excluding tert-OH is 1. The van der Waals surface area contributed by atoms with Gasteiger partial charge in [0.05, 0.1) is 20.3 Å². The summed E-state index contributed by atoms with van der Waals surface area (Å²) in [6.07, 6.45) is -0.563. The average Bonchev–Trinajstić information content (AvgIpc) is 2.42. The molecule has 0 aromatic heterocycles. The number of carbonyl (C=O) groups excluding carboxylic acids is 1. The van der Waals surface area contributed by atoms with E-state index in [1.165, 1.54) is 0 Å². The molecule has 0 radical (unpaired) electrons. The molecule has 0 fully saturated rings. The molecular formula is C13H20N2O4. The van der Waals surface area contributed by atoms with Gasteiger partial charge in [-0.1, -0.05) is 6.07 Å². The number of urea groups is 1. The van der Waals surface area contributed by atoms with Crippen molar-refractivity contribution in [3.05, 3.63) is 23.8 Å². The maximum atomic E-state index is 11.4. The fraction of sp³-hybridized carbons (Fsp3) is 0.462. The summed E-state index contributed by atoms with van der Waals surface area (Å²) in [7, 11) is 3.13. The van der Waals surface area contributed by atoms with Crippen LogP contribution in [0.2, 0.25) is 0 Å². The Balaban J connectivity index is 2.51. The first kappa shape index (κ1) is 15.1. The van der Waals surface area contributed by atoms with E-state index in [1.807, 2.05) is 6.07 Å². The number of nitrogens with one attached hydrogen (secondary N) is 2. The molecule has 6 nitrogen and oxygen atoms in total. The second kappa shape index (κ2) is 7.48. The fourth-order valence-electron chi connectivity index (χ4n) is 1.48. The van der Waals surface area contributed by atoms with Crippen LogP contribution in [-0.2, 0) is 6.54 Å². The highest BCUT2D eigenvalue weighted by Crippen LogP contribution is 2.27. The maximum Gasteiger partial charge on any atom is 0.315 e. The van der Waals surface area contributed by atoms with Crippen LogP contribution in [0.3, 0.4) is 0 Å². The molecule has 6 heteroatoms. The van der Waals surface area contributed by atoms with Gasteiger partial charge in [-0.25, -0.2) is 4.79 Å². The molecule has 1 aromatic carbocycles. The zero-order valence-corrected chi connectivity index (χ0v) is 11.4. The average molecular weight is 268 g/mol. The second-order valence-electron chi connectivity index (χ2n) is 4.10. The zero-order chi connectivity index (χ0) is 14.3. The summed E-state index contributed by atoms with van der Waals surface area (Å²) in [5.74, 6) is 1.26. The second-order valence-corrected chi connectivity index (χ2v) is 4.10. The molecular weight excluding hydrogens is 248 g/mol. The van der Waals surface area contributed by atoms with E-state index in [4.69, 9.17) is 14.6 Å². The Morgan fingerprint density at radius 2 is 1.95 bits per heavy atom. The highest BCUT2D eigenvalue weighted by atomic mass is 16.5. The van der Waals surface area contributed by atoms with Crippen molar-refractivity contribution >= 4 is 6.03 Å². The van der Waals surface area contributed by atoms with Crippen LogP contribution in [0.5, 0.6) is 11.5 Å². The molecule has 0 saturated carbocycles. The van der Waals surface area contributed by atoms with Crippen LogP contribution in [0.1, 0.15) is 12.5 Å². The maximum absolute atomic E-state index is 11.4. The Labute approximate surface area is 112 Å². The van der Waals surface area contributed by atoms with E-state index >= 15 is 0 Å². The molecule has 1 aromatic rings. The van der Waals surface area contributed by atoms with Gasteiger partial charge in [-0.3, -0.25) is 0 Å². The molecule has 19 heavy (non-hydrogen) atoms. The first-order valence-corrected chi connectivity index (χ1v) is 5.97. The topological polar surface area (TPSA) is 79.8 Å². The molecule has 0 saturated heterocycles. The SMILES string of the molecule is COc1ccc(CNC(=O)NCC(C)O)cc1OC. The van der Waals surface area contributed by atoms with Crippen LogP contribution in [0.15, 0.2) is 18.2 Å². The lowest BCUT2D eigenvalue weighted by Crippen LogP contribution is -2.38. The lowest BCUT2D eigenvalue weighted by Gasteiger charge is -2.11. The molecule has 0 aliphatic rings. The summed E-state index contributed by atoms with van der Waals surface area (Å²) in [6.45, 7) is 2.19. The summed E-state index contributed by atoms with van der Waals surface area (Å²) in [4.78, 5) is 11.4. The zero-order valence-electron chi connectivity index (χ0n) is 11.4. The number of methoxy groups -OCH3 is 2. The molecule has 2 amide bonds. The summed E-state index contributed by atoms with van der Waals surface area (Å²) in [6, 6.07) is 5.10. The van der Waals surface area contributed by atoms with Crippen molar-refractivity contribution in [1.82, 2.24) is 10.6 Å². The van der Waals surface area contributed by atoms with Gasteiger partial charge in [0.1, 0.15) is 0 Å². The third kappa shape index (κ3) is 5.05. The van der Waals surface area contributed by atoms with E-state index < -0.39 is 6.10 Å². The van der Waals surface area contributed by atoms with Gasteiger partial charge in [0.2, 0.25) is 0 Å². The molecule has 3 N–H and O–H groups in total. The largest absolute Gasteiger partial charge is 0.493 e. The van der Waals surface area contributed by atoms with Crippen molar-refractivity contribution < 1.29 is 19.4 Å². The minimum Gasteiger partial charge on any atom is -0.493 e. The number of rotatable bonds is 6. The van der Waals surface area contributed by atoms with E-state index in [0.717, 1.165) is 5.56 Å². The van der Waals surface area contributed by atoms with Crippen LogP contribution < -0.4 is 20.1 Å². The van der Waals surface area contributed by atoms with E-state index in [0.29, 0.717) is 18.0 Å². The van der Waals surface area contributed by atoms with Crippen LogP contribution in [0.25, 0.3) is 0 Å². The Bertz CT molecular complexity index is 421. The van der Waals surface area contributed by atoms with Crippen molar-refractivity contribution in [2.45, 2.75) is 19.6 Å². The number of ether oxygens (including phenoxy) is 2. The third-order valence-electron chi connectivity index (χ3n) is 2.46. The molecule has 106 valence electrons. The first-order chi connectivity index (χ1) is 9.06. The lowest BCUT2D eigenvalue weighted by molar-refractivity contribution is 0.187. The van der Waals surface area contributed by atoms with Crippen LogP contribution in [-0.4, -0.2) is 38.0 Å². The van der Waals surface area contributed by atoms with Gasteiger partial charge in [0, 0.05) is 13.1 Å². The van der Waals surface area contributed by atoms with Crippen LogP contribution in [0, 0.1) is 0 Å². The normalized spacial score (nSPS) is 11.6. The number of amides is 2. The molecule has 0 heterocycles. The fourth-order valence-corrected chi connectivity index (χ4v) is 1.48. The molecule has 0 aliphatic carbocycles. The molecule has 1 unspecified atom stereocenters. The van der Waals surface area contributed by atoms with Gasteiger partial charge in [-0.2, -0.15) is 0 Å². The number of hydrogen-bond acceptors (Lipinski definition) is 4. The lowest BCUT2D eigenvalue weighted by atomic mass is 10.2. The molecule has 0 aliphatic heterocycles. The Morgan fingerprint density at radius 3 is 2.53 bits per heavy atom. The Morgan fingerprint density at radius 1 is 1.26 bits per heavy atom. The third-order valence-corrected chi connectivity index (χ3v) is 2.46. The highest BCUT2D eigenvalue weighted by molar-refractivity contribution is 5.73. The quantitative estimate of drug-likeness (QED) is 0.715. The van der Waals surface area contributed by atoms with Crippen molar-refractivity contribution in [2.75, 3.05) is 20.8 Å². The number of aliphatic hydroxyl groups is 1. The first-order valence-electron chi connectivity index (χ1n) is 5.97. The summed E-state index contributed by atoms with van der Waals surface area (Å²) < 4.78 is 10.3. The van der Waals surface area contributed by atoms with E-state index in [2.05, 4.69) is 10.6 Å². The minimum absolute atomic E-state index is 0.220. The van der Waals surface area contributed by atoms with Crippen molar-refractivity contribution in [2.24, 2.45) is 0 Å². The van der Waals surface area contributed by atoms with Crippen molar-refractivity contribution in [3.8, 4) is 11.5 Å². The molecule has 0 bridgehead atoms. The van der Waals surface area contributed by atoms with Gasteiger partial charge in [0.15, 0.2) is 11.5 Å². The highest BCUT2D eigenvalue weighted by Gasteiger charge is 2.06. The van der Waals surface area contributed by atoms with E-state index in [1.54, 1.807) is 33.3 Å². The van der Waals surface area contributed by atoms with Gasteiger partial charge in [-0.05, 0) is 24.6 Å². The molecule has 1 rings (SSSR count). The Hall–Kier alpha value is -1.95. The van der Waals surface area contributed by atoms with Gasteiger partial charge < -0.3 is 25.2 Å². The standard InChI is InChI=1S/C13H20N2O4/c1-9(16)7-14-13(17)15-8-10-4-5-11(18-2)12(6-10)19-3/h4-6,9,16H,7-8H2,1-3H3,(H2,14,15,17). The van der Waals surface area contributed by atoms with Gasteiger partial charge >= 0.3 is 6.03 Å². The predicted molar refractivity (Wildman–Crippen MR) is 71.5 cm³/mol. The minimum atomic E-state index is -0.563. The van der Waals surface area contributed by atoms with Crippen molar-refractivity contribution in [1.29, 1.82) is 0 Å². The summed E-state index contributed by atoms with van der Waals surface area (Å²) in [5, 5.41) is 14.3. The number of benzene rings is 1. The summed E-state index contributed by atoms with van der Waals surface area (Å²) in [5.41, 5.74) is 0.893. The summed E-state index contributed by atoms with van der Waals surface area (Å²) >= 11 is 0. The van der Waals surface area contributed by atoms with Crippen molar-refractivity contribution in [3.63, 3.8) is 0 Å². The van der Waals surface area contributed by atoms with Gasteiger partial charge in [-0.15, -0.1) is 0 Å². The molecule has 1 atom stereocenters. The number of carbonyl (C=O) groups is 1. The molecule has 0 spiro atoms. The smallest absolute Gasteiger partial charge is 0.315 e. The predicted octanol–water partition coefficient (Wildman–Crippen LogP) is 0.884. The van der Waals surface area contributed by atoms with E-state index in [9.17, 15) is 4.79 Å². The van der Waals surface area contributed by atoms with E-state index in [-0.39, 0.29) is 12.6 Å². The number of hydrogen-bond donors (Lipinski definition) is 3. The van der Waals surface area contributed by atoms with Crippen LogP contribution >= 0.6 is 0 Å². The van der Waals surface area contributed by atoms with Crippen LogP contribution in [0.4, 0.5) is 4.79 Å².